The van der Waals surface area contributed by atoms with E-state index in [-0.39, 0.29) is 25.1 Å². The minimum Gasteiger partial charge on any atom is -0.497 e. The highest BCUT2D eigenvalue weighted by Gasteiger charge is 2.23. The van der Waals surface area contributed by atoms with Crippen molar-refractivity contribution in [1.82, 2.24) is 16.0 Å². The van der Waals surface area contributed by atoms with Gasteiger partial charge in [-0.3, -0.25) is 9.59 Å². The minimum atomic E-state index is -0.695. The third-order valence-corrected chi connectivity index (χ3v) is 6.21. The predicted molar refractivity (Wildman–Crippen MR) is 158 cm³/mol. The molecule has 1 aliphatic carbocycles. The first-order chi connectivity index (χ1) is 20.0. The van der Waals surface area contributed by atoms with Crippen molar-refractivity contribution in [2.24, 2.45) is 0 Å². The zero-order valence-corrected chi connectivity index (χ0v) is 24.8. The summed E-state index contributed by atoms with van der Waals surface area (Å²) in [6.07, 6.45) is 1.41. The number of ether oxygens (including phenoxy) is 4. The third kappa shape index (κ3) is 10.1. The van der Waals surface area contributed by atoms with Gasteiger partial charge < -0.3 is 34.9 Å². The SMILES string of the molecule is C=C1C#CCC(NC(=O)COc2ccc(C(NC(=O)CNC(=O)OC(C)(C)C)c3ccc(OC)cc3OC)cc2)CC1. The maximum atomic E-state index is 12.9. The zero-order valence-electron chi connectivity index (χ0n) is 24.8. The number of nitrogens with one attached hydrogen (secondary N) is 3. The van der Waals surface area contributed by atoms with Gasteiger partial charge in [0, 0.05) is 24.1 Å². The van der Waals surface area contributed by atoms with Crippen molar-refractivity contribution in [2.75, 3.05) is 27.4 Å². The number of benzene rings is 2. The molecule has 10 heteroatoms. The predicted octanol–water partition coefficient (Wildman–Crippen LogP) is 4.04. The minimum absolute atomic E-state index is 0.0381. The molecule has 0 bridgehead atoms. The van der Waals surface area contributed by atoms with Crippen LogP contribution in [0.25, 0.3) is 0 Å². The molecule has 0 saturated heterocycles. The molecule has 224 valence electrons. The Morgan fingerprint density at radius 3 is 2.40 bits per heavy atom. The molecular formula is C32H39N3O7. The number of carbonyl (C=O) groups is 3. The van der Waals surface area contributed by atoms with Crippen LogP contribution in [0.4, 0.5) is 4.79 Å². The second-order valence-corrected chi connectivity index (χ2v) is 10.7. The van der Waals surface area contributed by atoms with E-state index in [4.69, 9.17) is 18.9 Å². The molecule has 0 radical (unpaired) electrons. The Labute approximate surface area is 247 Å². The first-order valence-corrected chi connectivity index (χ1v) is 13.6. The van der Waals surface area contributed by atoms with Crippen molar-refractivity contribution in [3.05, 3.63) is 65.7 Å². The van der Waals surface area contributed by atoms with E-state index in [9.17, 15) is 14.4 Å². The Morgan fingerprint density at radius 2 is 1.74 bits per heavy atom. The molecule has 2 aromatic carbocycles. The molecule has 2 aromatic rings. The summed E-state index contributed by atoms with van der Waals surface area (Å²) in [4.78, 5) is 37.4. The number of alkyl carbamates (subject to hydrolysis) is 1. The number of amides is 3. The topological polar surface area (TPSA) is 124 Å². The van der Waals surface area contributed by atoms with E-state index in [2.05, 4.69) is 34.4 Å². The van der Waals surface area contributed by atoms with Crippen LogP contribution in [-0.4, -0.2) is 56.9 Å². The Kier molecular flexibility index (Phi) is 11.3. The van der Waals surface area contributed by atoms with Gasteiger partial charge in [-0.2, -0.15) is 0 Å². The Morgan fingerprint density at radius 1 is 1.02 bits per heavy atom. The lowest BCUT2D eigenvalue weighted by molar-refractivity contribution is -0.124. The van der Waals surface area contributed by atoms with Crippen LogP contribution in [0.2, 0.25) is 0 Å². The molecule has 1 aliphatic rings. The van der Waals surface area contributed by atoms with E-state index < -0.39 is 23.6 Å². The van der Waals surface area contributed by atoms with Crippen molar-refractivity contribution in [3.63, 3.8) is 0 Å². The van der Waals surface area contributed by atoms with Gasteiger partial charge in [0.15, 0.2) is 6.61 Å². The van der Waals surface area contributed by atoms with E-state index in [1.807, 2.05) is 0 Å². The summed E-state index contributed by atoms with van der Waals surface area (Å²) in [5, 5.41) is 8.38. The number of allylic oxidation sites excluding steroid dienone is 1. The number of hydrogen-bond acceptors (Lipinski definition) is 7. The van der Waals surface area contributed by atoms with E-state index in [0.717, 1.165) is 24.0 Å². The molecular weight excluding hydrogens is 538 g/mol. The van der Waals surface area contributed by atoms with Gasteiger partial charge in [-0.1, -0.05) is 30.6 Å². The fraction of sp³-hybridized carbons (Fsp3) is 0.406. The van der Waals surface area contributed by atoms with Crippen LogP contribution in [0.5, 0.6) is 17.2 Å². The van der Waals surface area contributed by atoms with Crippen molar-refractivity contribution in [2.45, 2.75) is 57.7 Å². The molecule has 0 aromatic heterocycles. The molecule has 3 N–H and O–H groups in total. The number of methoxy groups -OCH3 is 2. The molecule has 0 saturated carbocycles. The van der Waals surface area contributed by atoms with Crippen molar-refractivity contribution >= 4 is 17.9 Å². The van der Waals surface area contributed by atoms with Crippen molar-refractivity contribution in [3.8, 4) is 29.1 Å². The second-order valence-electron chi connectivity index (χ2n) is 10.7. The third-order valence-electron chi connectivity index (χ3n) is 6.21. The molecule has 0 fully saturated rings. The lowest BCUT2D eigenvalue weighted by Gasteiger charge is -2.23. The fourth-order valence-electron chi connectivity index (χ4n) is 4.19. The Hall–Kier alpha value is -4.65. The average Bonchev–Trinajstić information content (AvgIpc) is 3.16. The normalized spacial score (nSPS) is 15.2. The second kappa shape index (κ2) is 14.8. The van der Waals surface area contributed by atoms with Crippen LogP contribution in [0.1, 0.15) is 57.2 Å². The summed E-state index contributed by atoms with van der Waals surface area (Å²) in [5.74, 6) is 6.93. The first kappa shape index (κ1) is 31.9. The lowest BCUT2D eigenvalue weighted by atomic mass is 9.97. The van der Waals surface area contributed by atoms with Gasteiger partial charge in [0.05, 0.1) is 20.3 Å². The summed E-state index contributed by atoms with van der Waals surface area (Å²) < 4.78 is 21.8. The Balaban J connectivity index is 1.70. The largest absolute Gasteiger partial charge is 0.497 e. The molecule has 10 nitrogen and oxygen atoms in total. The average molecular weight is 578 g/mol. The summed E-state index contributed by atoms with van der Waals surface area (Å²) in [5.41, 5.74) is 1.58. The van der Waals surface area contributed by atoms with Crippen LogP contribution >= 0.6 is 0 Å². The van der Waals surface area contributed by atoms with E-state index in [0.29, 0.717) is 29.2 Å². The highest BCUT2D eigenvalue weighted by Crippen LogP contribution is 2.33. The lowest BCUT2D eigenvalue weighted by Crippen LogP contribution is -2.41. The maximum absolute atomic E-state index is 12.9. The van der Waals surface area contributed by atoms with Crippen molar-refractivity contribution in [1.29, 1.82) is 0 Å². The van der Waals surface area contributed by atoms with Gasteiger partial charge in [0.25, 0.3) is 5.91 Å². The van der Waals surface area contributed by atoms with E-state index in [1.54, 1.807) is 70.3 Å². The van der Waals surface area contributed by atoms with Crippen LogP contribution in [0.3, 0.4) is 0 Å². The Bertz CT molecular complexity index is 1340. The number of carbonyl (C=O) groups excluding carboxylic acids is 3. The van der Waals surface area contributed by atoms with Gasteiger partial charge >= 0.3 is 6.09 Å². The maximum Gasteiger partial charge on any atom is 0.408 e. The summed E-state index contributed by atoms with van der Waals surface area (Å²) >= 11 is 0. The van der Waals surface area contributed by atoms with Crippen LogP contribution in [0.15, 0.2) is 54.6 Å². The number of hydrogen-bond donors (Lipinski definition) is 3. The van der Waals surface area contributed by atoms with E-state index >= 15 is 0 Å². The van der Waals surface area contributed by atoms with Crippen LogP contribution in [0, 0.1) is 11.8 Å². The zero-order chi connectivity index (χ0) is 30.7. The molecule has 2 unspecified atom stereocenters. The van der Waals surface area contributed by atoms with Gasteiger partial charge in [0.2, 0.25) is 5.91 Å². The molecule has 0 heterocycles. The highest BCUT2D eigenvalue weighted by atomic mass is 16.6. The molecule has 3 amide bonds. The molecule has 42 heavy (non-hydrogen) atoms. The van der Waals surface area contributed by atoms with Crippen molar-refractivity contribution < 1.29 is 33.3 Å². The number of rotatable bonds is 11. The van der Waals surface area contributed by atoms with Crippen LogP contribution < -0.4 is 30.2 Å². The monoisotopic (exact) mass is 577 g/mol. The first-order valence-electron chi connectivity index (χ1n) is 13.6. The molecule has 2 atom stereocenters. The molecule has 0 aliphatic heterocycles. The summed E-state index contributed by atoms with van der Waals surface area (Å²) in [6, 6.07) is 11.6. The quantitative estimate of drug-likeness (QED) is 0.345. The fourth-order valence-corrected chi connectivity index (χ4v) is 4.19. The standard InChI is InChI=1S/C32H39N3O7/c1-21-8-7-9-23(13-10-21)34-29(37)20-41-24-14-11-22(12-15-24)30(26-17-16-25(39-5)18-27(26)40-6)35-28(36)19-33-31(38)42-32(2,3)4/h11-12,14-18,23,30H,1,9-10,13,19-20H2,2-6H3,(H,33,38)(H,34,37)(H,35,36). The van der Waals surface area contributed by atoms with Gasteiger partial charge in [-0.25, -0.2) is 4.79 Å². The van der Waals surface area contributed by atoms with Gasteiger partial charge in [-0.15, -0.1) is 0 Å². The summed E-state index contributed by atoms with van der Waals surface area (Å²) in [7, 11) is 3.08. The molecule has 0 spiro atoms. The highest BCUT2D eigenvalue weighted by molar-refractivity contribution is 5.83. The van der Waals surface area contributed by atoms with E-state index in [1.165, 1.54) is 7.11 Å². The van der Waals surface area contributed by atoms with Gasteiger partial charge in [-0.05, 0) is 69.0 Å². The van der Waals surface area contributed by atoms with Gasteiger partial charge in [0.1, 0.15) is 29.4 Å². The molecule has 3 rings (SSSR count). The van der Waals surface area contributed by atoms with Crippen LogP contribution in [-0.2, 0) is 14.3 Å². The smallest absolute Gasteiger partial charge is 0.408 e. The summed E-state index contributed by atoms with van der Waals surface area (Å²) in [6.45, 7) is 8.68.